The number of rotatable bonds is 1. The third-order valence-corrected chi connectivity index (χ3v) is 9.50. The van der Waals surface area contributed by atoms with Crippen LogP contribution in [0, 0.1) is 45.8 Å². The topological polar surface area (TPSA) is 17.1 Å². The van der Waals surface area contributed by atoms with Crippen molar-refractivity contribution >= 4 is 5.78 Å². The summed E-state index contributed by atoms with van der Waals surface area (Å²) < 4.78 is 0. The molecule has 6 atom stereocenters. The number of carbonyl (C=O) groups is 1. The van der Waals surface area contributed by atoms with Crippen LogP contribution in [-0.2, 0) is 4.79 Å². The Morgan fingerprint density at radius 1 is 1.07 bits per heavy atom. The van der Waals surface area contributed by atoms with Crippen LogP contribution in [0.2, 0.25) is 0 Å². The first-order valence-electron chi connectivity index (χ1n) is 11.3. The first-order chi connectivity index (χ1) is 12.7. The monoisotopic (exact) mass is 364 g/mol. The van der Waals surface area contributed by atoms with E-state index in [0.29, 0.717) is 34.4 Å². The van der Waals surface area contributed by atoms with Crippen molar-refractivity contribution in [1.29, 1.82) is 0 Å². The van der Waals surface area contributed by atoms with E-state index >= 15 is 0 Å². The zero-order valence-electron chi connectivity index (χ0n) is 17.8. The lowest BCUT2D eigenvalue weighted by Crippen LogP contribution is -2.54. The molecule has 2 fully saturated rings. The molecule has 0 aromatic heterocycles. The number of carbonyl (C=O) groups excluding carboxylic acids is 1. The van der Waals surface area contributed by atoms with E-state index in [1.54, 1.807) is 11.1 Å². The Kier molecular flexibility index (Phi) is 3.65. The van der Waals surface area contributed by atoms with Crippen molar-refractivity contribution in [2.45, 2.75) is 73.1 Å². The molecule has 1 spiro atoms. The Morgan fingerprint density at radius 3 is 2.56 bits per heavy atom. The van der Waals surface area contributed by atoms with Crippen LogP contribution in [0.25, 0.3) is 0 Å². The van der Waals surface area contributed by atoms with Crippen LogP contribution >= 0.6 is 0 Å². The van der Waals surface area contributed by atoms with Gasteiger partial charge in [0.1, 0.15) is 0 Å². The van der Waals surface area contributed by atoms with E-state index in [4.69, 9.17) is 0 Å². The van der Waals surface area contributed by atoms with Crippen LogP contribution < -0.4 is 0 Å². The van der Waals surface area contributed by atoms with E-state index in [2.05, 4.69) is 52.8 Å². The van der Waals surface area contributed by atoms with Gasteiger partial charge < -0.3 is 0 Å². The molecule has 0 radical (unpaired) electrons. The van der Waals surface area contributed by atoms with Gasteiger partial charge >= 0.3 is 0 Å². The standard InChI is InChI=1S/C26H36O/c1-16(2)17-9-12-26(14-17)15-18-13-21-24(3,4)10-6-11-25(21,5)19-7-8-20(27)23(26)22(18)19/h7-8,14-16,19,21-23H,6,9-13H2,1-5H3/t19?,21-,22?,23?,25+,26-/m0/s1. The van der Waals surface area contributed by atoms with Crippen LogP contribution in [-0.4, -0.2) is 5.78 Å². The second-order valence-corrected chi connectivity index (χ2v) is 11.6. The molecule has 146 valence electrons. The lowest BCUT2D eigenvalue weighted by atomic mass is 9.44. The smallest absolute Gasteiger partial charge is 0.160 e. The maximum atomic E-state index is 13.2. The van der Waals surface area contributed by atoms with E-state index in [1.165, 1.54) is 32.1 Å². The van der Waals surface area contributed by atoms with E-state index in [9.17, 15) is 4.79 Å². The molecule has 0 bridgehead atoms. The summed E-state index contributed by atoms with van der Waals surface area (Å²) in [6, 6.07) is 0. The Balaban J connectivity index is 1.64. The van der Waals surface area contributed by atoms with Crippen LogP contribution in [0.4, 0.5) is 0 Å². The van der Waals surface area contributed by atoms with Crippen LogP contribution in [0.5, 0.6) is 0 Å². The van der Waals surface area contributed by atoms with Gasteiger partial charge in [0.15, 0.2) is 5.78 Å². The molecule has 0 aliphatic heterocycles. The van der Waals surface area contributed by atoms with Crippen molar-refractivity contribution < 1.29 is 4.79 Å². The molecule has 1 nitrogen and oxygen atoms in total. The number of hydrogen-bond acceptors (Lipinski definition) is 1. The molecule has 5 rings (SSSR count). The molecule has 5 aliphatic rings. The molecular weight excluding hydrogens is 328 g/mol. The Hall–Kier alpha value is -1.11. The normalized spacial score (nSPS) is 47.1. The molecule has 1 heteroatoms. The van der Waals surface area contributed by atoms with Crippen molar-refractivity contribution in [2.75, 3.05) is 0 Å². The highest BCUT2D eigenvalue weighted by molar-refractivity contribution is 5.95. The average Bonchev–Trinajstić information content (AvgIpc) is 3.14. The predicted molar refractivity (Wildman–Crippen MR) is 111 cm³/mol. The number of fused-ring (bicyclic) bond motifs is 3. The van der Waals surface area contributed by atoms with Crippen LogP contribution in [0.1, 0.15) is 73.1 Å². The maximum absolute atomic E-state index is 13.2. The molecule has 0 heterocycles. The highest BCUT2D eigenvalue weighted by atomic mass is 16.1. The molecule has 0 aromatic rings. The fraction of sp³-hybridized carbons (Fsp3) is 0.731. The zero-order valence-corrected chi connectivity index (χ0v) is 17.8. The van der Waals surface area contributed by atoms with E-state index in [0.717, 1.165) is 12.3 Å². The minimum Gasteiger partial charge on any atom is -0.294 e. The number of hydrogen-bond donors (Lipinski definition) is 0. The largest absolute Gasteiger partial charge is 0.294 e. The van der Waals surface area contributed by atoms with Gasteiger partial charge in [0.05, 0.1) is 0 Å². The summed E-state index contributed by atoms with van der Waals surface area (Å²) in [4.78, 5) is 13.2. The van der Waals surface area contributed by atoms with E-state index in [1.807, 2.05) is 6.08 Å². The predicted octanol–water partition coefficient (Wildman–Crippen LogP) is 6.51. The van der Waals surface area contributed by atoms with Gasteiger partial charge in [-0.05, 0) is 72.7 Å². The van der Waals surface area contributed by atoms with Gasteiger partial charge in [-0.2, -0.15) is 0 Å². The second-order valence-electron chi connectivity index (χ2n) is 11.6. The maximum Gasteiger partial charge on any atom is 0.160 e. The SMILES string of the molecule is CC(C)C1=C[C@]2(C=C3C[C@H]4C(C)(C)CCC[C@]4(C)C4C=CC(=O)C2C34)CC1. The average molecular weight is 365 g/mol. The fourth-order valence-electron chi connectivity index (χ4n) is 8.18. The van der Waals surface area contributed by atoms with Gasteiger partial charge in [-0.15, -0.1) is 0 Å². The summed E-state index contributed by atoms with van der Waals surface area (Å²) in [5, 5.41) is 0. The van der Waals surface area contributed by atoms with Crippen molar-refractivity contribution in [2.24, 2.45) is 45.8 Å². The van der Waals surface area contributed by atoms with Crippen LogP contribution in [0.3, 0.4) is 0 Å². The summed E-state index contributed by atoms with van der Waals surface area (Å²) in [5.41, 5.74) is 4.00. The van der Waals surface area contributed by atoms with Gasteiger partial charge in [0.25, 0.3) is 0 Å². The number of ketones is 1. The Morgan fingerprint density at radius 2 is 1.85 bits per heavy atom. The molecular formula is C26H36O. The zero-order chi connectivity index (χ0) is 19.2. The lowest BCUT2D eigenvalue weighted by molar-refractivity contribution is -0.127. The van der Waals surface area contributed by atoms with Crippen molar-refractivity contribution in [3.8, 4) is 0 Å². The molecule has 2 saturated carbocycles. The quantitative estimate of drug-likeness (QED) is 0.484. The molecule has 27 heavy (non-hydrogen) atoms. The fourth-order valence-corrected chi connectivity index (χ4v) is 8.18. The van der Waals surface area contributed by atoms with Crippen LogP contribution in [0.15, 0.2) is 35.5 Å². The minimum atomic E-state index is 0.0215. The lowest BCUT2D eigenvalue weighted by Gasteiger charge is -2.60. The van der Waals surface area contributed by atoms with E-state index < -0.39 is 0 Å². The highest BCUT2D eigenvalue weighted by Crippen LogP contribution is 2.69. The summed E-state index contributed by atoms with van der Waals surface area (Å²) in [6.45, 7) is 12.2. The summed E-state index contributed by atoms with van der Waals surface area (Å²) in [6.07, 6.45) is 17.1. The molecule has 0 aromatic carbocycles. The van der Waals surface area contributed by atoms with Crippen molar-refractivity contribution in [1.82, 2.24) is 0 Å². The highest BCUT2D eigenvalue weighted by Gasteiger charge is 2.63. The molecule has 0 saturated heterocycles. The van der Waals surface area contributed by atoms with Gasteiger partial charge in [0.2, 0.25) is 0 Å². The summed E-state index contributed by atoms with van der Waals surface area (Å²) >= 11 is 0. The Bertz CT molecular complexity index is 778. The van der Waals surface area contributed by atoms with Gasteiger partial charge in [0, 0.05) is 11.3 Å². The summed E-state index contributed by atoms with van der Waals surface area (Å²) in [5.74, 6) is 2.97. The van der Waals surface area contributed by atoms with Gasteiger partial charge in [-0.25, -0.2) is 0 Å². The molecule has 0 amide bonds. The first kappa shape index (κ1) is 18.0. The molecule has 0 N–H and O–H groups in total. The minimum absolute atomic E-state index is 0.0215. The number of allylic oxidation sites excluding steroid dienone is 6. The third kappa shape index (κ3) is 2.26. The van der Waals surface area contributed by atoms with Gasteiger partial charge in [-0.3, -0.25) is 4.79 Å². The second kappa shape index (κ2) is 5.49. The first-order valence-corrected chi connectivity index (χ1v) is 11.3. The van der Waals surface area contributed by atoms with E-state index in [-0.39, 0.29) is 11.3 Å². The third-order valence-electron chi connectivity index (χ3n) is 9.50. The molecule has 5 aliphatic carbocycles. The molecule has 3 unspecified atom stereocenters. The van der Waals surface area contributed by atoms with Gasteiger partial charge in [-0.1, -0.05) is 70.4 Å². The van der Waals surface area contributed by atoms with Crippen molar-refractivity contribution in [3.63, 3.8) is 0 Å². The van der Waals surface area contributed by atoms with Crippen molar-refractivity contribution in [3.05, 3.63) is 35.5 Å². The summed E-state index contributed by atoms with van der Waals surface area (Å²) in [7, 11) is 0. The Labute approximate surface area is 165 Å².